The second-order valence-electron chi connectivity index (χ2n) is 7.68. The van der Waals surface area contributed by atoms with E-state index < -0.39 is 23.8 Å². The number of aryl methyl sites for hydroxylation is 1. The van der Waals surface area contributed by atoms with Crippen LogP contribution in [0.2, 0.25) is 0 Å². The number of nitrogens with one attached hydrogen (secondary N) is 2. The van der Waals surface area contributed by atoms with E-state index in [1.807, 2.05) is 12.1 Å². The van der Waals surface area contributed by atoms with E-state index in [1.165, 1.54) is 24.6 Å². The lowest BCUT2D eigenvalue weighted by atomic mass is 9.96. The molecule has 0 bridgehead atoms. The van der Waals surface area contributed by atoms with E-state index in [2.05, 4.69) is 23.6 Å². The lowest BCUT2D eigenvalue weighted by Crippen LogP contribution is -2.48. The molecule has 162 valence electrons. The molecule has 30 heavy (non-hydrogen) atoms. The fraction of sp³-hybridized carbons (Fsp3) is 0.435. The topological polar surface area (TPSA) is 70.6 Å². The number of aliphatic hydroxyl groups is 1. The number of halogens is 2. The second kappa shape index (κ2) is 10.00. The van der Waals surface area contributed by atoms with Gasteiger partial charge in [-0.1, -0.05) is 19.1 Å². The SMILES string of the molecule is CCc1ccc2c(c1)[C@@H](NC[C@H](O)[C@H](Cc1cc(F)cc(F)c1)NC(C)=O)CCO2. The molecule has 0 saturated carbocycles. The summed E-state index contributed by atoms with van der Waals surface area (Å²) in [5.74, 6) is -0.867. The van der Waals surface area contributed by atoms with Gasteiger partial charge in [-0.15, -0.1) is 0 Å². The Morgan fingerprint density at radius 1 is 1.20 bits per heavy atom. The number of carbonyl (C=O) groups is 1. The number of aliphatic hydroxyl groups excluding tert-OH is 1. The fourth-order valence-corrected chi connectivity index (χ4v) is 3.81. The molecule has 1 aliphatic rings. The summed E-state index contributed by atoms with van der Waals surface area (Å²) < 4.78 is 32.8. The fourth-order valence-electron chi connectivity index (χ4n) is 3.81. The monoisotopic (exact) mass is 418 g/mol. The smallest absolute Gasteiger partial charge is 0.217 e. The molecular formula is C23H28F2N2O3. The average Bonchev–Trinajstić information content (AvgIpc) is 2.70. The summed E-state index contributed by atoms with van der Waals surface area (Å²) in [4.78, 5) is 11.6. The standard InChI is InChI=1S/C23H28F2N2O3/c1-3-15-4-5-23-19(10-15)20(6-7-30-23)26-13-22(29)21(27-14(2)28)11-16-8-17(24)12-18(25)9-16/h4-5,8-10,12,20-22,26,29H,3,6-7,11,13H2,1-2H3,(H,27,28)/t20-,21-,22-/m0/s1. The minimum Gasteiger partial charge on any atom is -0.493 e. The van der Waals surface area contributed by atoms with Crippen LogP contribution in [-0.2, 0) is 17.6 Å². The molecule has 2 aromatic carbocycles. The van der Waals surface area contributed by atoms with Crippen LogP contribution in [0.4, 0.5) is 8.78 Å². The van der Waals surface area contributed by atoms with Gasteiger partial charge in [0.1, 0.15) is 17.4 Å². The molecule has 1 heterocycles. The quantitative estimate of drug-likeness (QED) is 0.616. The Morgan fingerprint density at radius 2 is 1.93 bits per heavy atom. The minimum absolute atomic E-state index is 0.0134. The number of amides is 1. The first-order valence-corrected chi connectivity index (χ1v) is 10.2. The maximum atomic E-state index is 13.5. The van der Waals surface area contributed by atoms with Gasteiger partial charge < -0.3 is 20.5 Å². The Bertz CT molecular complexity index is 870. The van der Waals surface area contributed by atoms with Crippen LogP contribution in [0.25, 0.3) is 0 Å². The number of ether oxygens (including phenoxy) is 1. The molecule has 1 amide bonds. The van der Waals surface area contributed by atoms with Gasteiger partial charge in [0.2, 0.25) is 5.91 Å². The van der Waals surface area contributed by atoms with Crippen LogP contribution in [0.1, 0.15) is 43.0 Å². The van der Waals surface area contributed by atoms with Gasteiger partial charge in [-0.3, -0.25) is 4.79 Å². The van der Waals surface area contributed by atoms with E-state index in [-0.39, 0.29) is 24.9 Å². The first kappa shape index (κ1) is 22.2. The Kier molecular flexibility index (Phi) is 7.39. The van der Waals surface area contributed by atoms with Crippen LogP contribution in [-0.4, -0.2) is 36.3 Å². The molecule has 0 unspecified atom stereocenters. The molecule has 3 atom stereocenters. The molecular weight excluding hydrogens is 390 g/mol. The number of rotatable bonds is 8. The summed E-state index contributed by atoms with van der Waals surface area (Å²) in [5, 5.41) is 16.8. The highest BCUT2D eigenvalue weighted by Gasteiger charge is 2.25. The highest BCUT2D eigenvalue weighted by Crippen LogP contribution is 2.33. The largest absolute Gasteiger partial charge is 0.493 e. The van der Waals surface area contributed by atoms with E-state index in [0.717, 1.165) is 30.2 Å². The number of fused-ring (bicyclic) bond motifs is 1. The van der Waals surface area contributed by atoms with E-state index in [9.17, 15) is 18.7 Å². The van der Waals surface area contributed by atoms with Crippen LogP contribution >= 0.6 is 0 Å². The number of carbonyl (C=O) groups excluding carboxylic acids is 1. The minimum atomic E-state index is -0.944. The molecule has 2 aromatic rings. The summed E-state index contributed by atoms with van der Waals surface area (Å²) in [7, 11) is 0. The predicted molar refractivity (Wildman–Crippen MR) is 110 cm³/mol. The molecule has 0 fully saturated rings. The first-order chi connectivity index (χ1) is 14.4. The van der Waals surface area contributed by atoms with Gasteiger partial charge in [-0.05, 0) is 42.2 Å². The van der Waals surface area contributed by atoms with Crippen molar-refractivity contribution in [2.45, 2.75) is 51.3 Å². The van der Waals surface area contributed by atoms with Gasteiger partial charge in [0.15, 0.2) is 0 Å². The predicted octanol–water partition coefficient (Wildman–Crippen LogP) is 3.05. The Balaban J connectivity index is 1.69. The van der Waals surface area contributed by atoms with Crippen molar-refractivity contribution in [3.05, 3.63) is 64.7 Å². The molecule has 0 saturated heterocycles. The van der Waals surface area contributed by atoms with Crippen molar-refractivity contribution in [2.24, 2.45) is 0 Å². The summed E-state index contributed by atoms with van der Waals surface area (Å²) in [6.45, 7) is 4.22. The van der Waals surface area contributed by atoms with E-state index in [4.69, 9.17) is 4.74 Å². The summed E-state index contributed by atoms with van der Waals surface area (Å²) in [6.07, 6.45) is 0.840. The van der Waals surface area contributed by atoms with Gasteiger partial charge in [0.25, 0.3) is 0 Å². The highest BCUT2D eigenvalue weighted by atomic mass is 19.1. The molecule has 7 heteroatoms. The van der Waals surface area contributed by atoms with Crippen molar-refractivity contribution in [3.63, 3.8) is 0 Å². The third-order valence-corrected chi connectivity index (χ3v) is 5.33. The van der Waals surface area contributed by atoms with Crippen molar-refractivity contribution >= 4 is 5.91 Å². The number of hydrogen-bond donors (Lipinski definition) is 3. The third kappa shape index (κ3) is 5.77. The lowest BCUT2D eigenvalue weighted by molar-refractivity contribution is -0.120. The second-order valence-corrected chi connectivity index (χ2v) is 7.68. The van der Waals surface area contributed by atoms with Gasteiger partial charge in [-0.2, -0.15) is 0 Å². The van der Waals surface area contributed by atoms with Crippen molar-refractivity contribution in [1.82, 2.24) is 10.6 Å². The zero-order chi connectivity index (χ0) is 21.7. The maximum absolute atomic E-state index is 13.5. The van der Waals surface area contributed by atoms with Crippen LogP contribution in [0, 0.1) is 11.6 Å². The van der Waals surface area contributed by atoms with Crippen LogP contribution in [0.3, 0.4) is 0 Å². The van der Waals surface area contributed by atoms with Gasteiger partial charge in [-0.25, -0.2) is 8.78 Å². The molecule has 0 aromatic heterocycles. The number of benzene rings is 2. The zero-order valence-electron chi connectivity index (χ0n) is 17.3. The zero-order valence-corrected chi connectivity index (χ0v) is 17.3. The molecule has 1 aliphatic heterocycles. The normalized spacial score (nSPS) is 17.6. The van der Waals surface area contributed by atoms with E-state index in [1.54, 1.807) is 0 Å². The third-order valence-electron chi connectivity index (χ3n) is 5.33. The van der Waals surface area contributed by atoms with Crippen LogP contribution < -0.4 is 15.4 Å². The molecule has 0 aliphatic carbocycles. The Morgan fingerprint density at radius 3 is 2.60 bits per heavy atom. The Labute approximate surface area is 175 Å². The van der Waals surface area contributed by atoms with Crippen molar-refractivity contribution in [3.8, 4) is 5.75 Å². The molecule has 3 N–H and O–H groups in total. The number of hydrogen-bond acceptors (Lipinski definition) is 4. The van der Waals surface area contributed by atoms with Crippen molar-refractivity contribution in [1.29, 1.82) is 0 Å². The molecule has 0 spiro atoms. The average molecular weight is 418 g/mol. The van der Waals surface area contributed by atoms with Gasteiger partial charge in [0.05, 0.1) is 18.8 Å². The first-order valence-electron chi connectivity index (χ1n) is 10.2. The maximum Gasteiger partial charge on any atom is 0.217 e. The Hall–Kier alpha value is -2.51. The van der Waals surface area contributed by atoms with E-state index in [0.29, 0.717) is 12.2 Å². The van der Waals surface area contributed by atoms with Gasteiger partial charge >= 0.3 is 0 Å². The van der Waals surface area contributed by atoms with Crippen LogP contribution in [0.5, 0.6) is 5.75 Å². The summed E-state index contributed by atoms with van der Waals surface area (Å²) in [6, 6.07) is 8.66. The van der Waals surface area contributed by atoms with Gasteiger partial charge in [0, 0.05) is 37.6 Å². The molecule has 3 rings (SSSR count). The van der Waals surface area contributed by atoms with Crippen molar-refractivity contribution in [2.75, 3.05) is 13.2 Å². The molecule has 5 nitrogen and oxygen atoms in total. The van der Waals surface area contributed by atoms with Crippen molar-refractivity contribution < 1.29 is 23.4 Å². The highest BCUT2D eigenvalue weighted by molar-refractivity contribution is 5.73. The summed E-state index contributed by atoms with van der Waals surface area (Å²) in [5.41, 5.74) is 2.63. The lowest BCUT2D eigenvalue weighted by Gasteiger charge is -2.30. The molecule has 0 radical (unpaired) electrons. The van der Waals surface area contributed by atoms with Crippen LogP contribution in [0.15, 0.2) is 36.4 Å². The van der Waals surface area contributed by atoms with E-state index >= 15 is 0 Å². The summed E-state index contributed by atoms with van der Waals surface area (Å²) >= 11 is 0.